The van der Waals surface area contributed by atoms with E-state index in [4.69, 9.17) is 8.92 Å². The molecule has 2 atom stereocenters. The van der Waals surface area contributed by atoms with Crippen LogP contribution in [0.4, 0.5) is 0 Å². The summed E-state index contributed by atoms with van der Waals surface area (Å²) < 4.78 is 36.9. The molecule has 0 aromatic heterocycles. The fraction of sp³-hybridized carbons (Fsp3) is 0.208. The molecule has 0 N–H and O–H groups in total. The van der Waals surface area contributed by atoms with Crippen LogP contribution in [0.2, 0.25) is 0 Å². The Labute approximate surface area is 187 Å². The molecule has 0 fully saturated rings. The van der Waals surface area contributed by atoms with Crippen molar-refractivity contribution in [2.45, 2.75) is 28.9 Å². The summed E-state index contributed by atoms with van der Waals surface area (Å²) in [5.74, 6) is 0.487. The Morgan fingerprint density at radius 2 is 1.65 bits per heavy atom. The van der Waals surface area contributed by atoms with Crippen molar-refractivity contribution in [1.82, 2.24) is 0 Å². The highest BCUT2D eigenvalue weighted by atomic mass is 32.2. The first-order valence-electron chi connectivity index (χ1n) is 9.86. The van der Waals surface area contributed by atoms with Crippen molar-refractivity contribution >= 4 is 27.8 Å². The van der Waals surface area contributed by atoms with E-state index in [1.807, 2.05) is 67.8 Å². The van der Waals surface area contributed by atoms with Gasteiger partial charge in [0.25, 0.3) is 10.1 Å². The normalized spacial score (nSPS) is 18.5. The molecule has 0 saturated carbocycles. The first kappa shape index (κ1) is 21.6. The van der Waals surface area contributed by atoms with Gasteiger partial charge in [0.2, 0.25) is 5.90 Å². The number of rotatable bonds is 7. The van der Waals surface area contributed by atoms with Crippen molar-refractivity contribution in [1.29, 1.82) is 0 Å². The van der Waals surface area contributed by atoms with Crippen molar-refractivity contribution in [2.75, 3.05) is 12.9 Å². The van der Waals surface area contributed by atoms with Gasteiger partial charge < -0.3 is 4.74 Å². The van der Waals surface area contributed by atoms with E-state index in [0.717, 1.165) is 21.6 Å². The topological polar surface area (TPSA) is 65.0 Å². The summed E-state index contributed by atoms with van der Waals surface area (Å²) in [4.78, 5) is 5.94. The number of hydrogen-bond acceptors (Lipinski definition) is 6. The number of aryl methyl sites for hydroxylation is 1. The highest BCUT2D eigenvalue weighted by Crippen LogP contribution is 2.33. The molecule has 5 nitrogen and oxygen atoms in total. The maximum absolute atomic E-state index is 12.7. The smallest absolute Gasteiger partial charge is 0.297 e. The second-order valence-electron chi connectivity index (χ2n) is 7.23. The lowest BCUT2D eigenvalue weighted by Crippen LogP contribution is -2.22. The lowest BCUT2D eigenvalue weighted by atomic mass is 10.0. The van der Waals surface area contributed by atoms with E-state index < -0.39 is 22.3 Å². The zero-order chi connectivity index (χ0) is 21.8. The van der Waals surface area contributed by atoms with E-state index in [1.165, 1.54) is 0 Å². The molecule has 3 aromatic rings. The summed E-state index contributed by atoms with van der Waals surface area (Å²) in [6, 6.07) is 23.7. The second-order valence-corrected chi connectivity index (χ2v) is 9.73. The Hall–Kier alpha value is -2.61. The fourth-order valence-corrected chi connectivity index (χ4v) is 4.64. The van der Waals surface area contributed by atoms with Gasteiger partial charge in [-0.05, 0) is 55.1 Å². The van der Waals surface area contributed by atoms with Crippen LogP contribution < -0.4 is 0 Å². The Kier molecular flexibility index (Phi) is 6.46. The molecule has 0 saturated heterocycles. The van der Waals surface area contributed by atoms with Crippen molar-refractivity contribution in [3.63, 3.8) is 0 Å². The maximum Gasteiger partial charge on any atom is 0.297 e. The maximum atomic E-state index is 12.7. The molecule has 3 aromatic carbocycles. The van der Waals surface area contributed by atoms with Crippen LogP contribution in [0, 0.1) is 6.92 Å². The van der Waals surface area contributed by atoms with Crippen molar-refractivity contribution in [3.05, 3.63) is 95.6 Å². The predicted octanol–water partition coefficient (Wildman–Crippen LogP) is 5.01. The van der Waals surface area contributed by atoms with Gasteiger partial charge >= 0.3 is 0 Å². The summed E-state index contributed by atoms with van der Waals surface area (Å²) in [7, 11) is -3.89. The summed E-state index contributed by atoms with van der Waals surface area (Å²) in [5, 5.41) is 0. The molecule has 1 aliphatic rings. The lowest BCUT2D eigenvalue weighted by Gasteiger charge is -2.18. The van der Waals surface area contributed by atoms with Gasteiger partial charge in [0.15, 0.2) is 6.10 Å². The first-order valence-corrected chi connectivity index (χ1v) is 12.5. The van der Waals surface area contributed by atoms with Crippen LogP contribution in [-0.2, 0) is 19.0 Å². The van der Waals surface area contributed by atoms with Crippen LogP contribution in [0.25, 0.3) is 0 Å². The summed E-state index contributed by atoms with van der Waals surface area (Å²) in [6.07, 6.45) is 1.59. The van der Waals surface area contributed by atoms with Gasteiger partial charge in [0, 0.05) is 10.5 Å². The van der Waals surface area contributed by atoms with E-state index >= 15 is 0 Å². The van der Waals surface area contributed by atoms with E-state index in [1.54, 1.807) is 36.0 Å². The van der Waals surface area contributed by atoms with Gasteiger partial charge in [-0.15, -0.1) is 11.8 Å². The largest absolute Gasteiger partial charge is 0.467 e. The minimum atomic E-state index is -3.89. The molecule has 1 heterocycles. The molecule has 160 valence electrons. The highest BCUT2D eigenvalue weighted by Gasteiger charge is 2.34. The molecule has 7 heteroatoms. The van der Waals surface area contributed by atoms with E-state index in [2.05, 4.69) is 4.99 Å². The van der Waals surface area contributed by atoms with Gasteiger partial charge in [0.05, 0.1) is 11.5 Å². The third-order valence-corrected chi connectivity index (χ3v) is 7.08. The molecule has 0 bridgehead atoms. The Morgan fingerprint density at radius 3 is 2.29 bits per heavy atom. The quantitative estimate of drug-likeness (QED) is 0.372. The van der Waals surface area contributed by atoms with Gasteiger partial charge in [-0.1, -0.05) is 48.0 Å². The lowest BCUT2D eigenvalue weighted by molar-refractivity contribution is 0.162. The summed E-state index contributed by atoms with van der Waals surface area (Å²) >= 11 is 1.66. The molecule has 0 unspecified atom stereocenters. The highest BCUT2D eigenvalue weighted by molar-refractivity contribution is 7.98. The van der Waals surface area contributed by atoms with Crippen LogP contribution in [0.5, 0.6) is 0 Å². The van der Waals surface area contributed by atoms with E-state index in [9.17, 15) is 8.42 Å². The summed E-state index contributed by atoms with van der Waals surface area (Å²) in [6.45, 7) is 1.79. The molecule has 1 aliphatic heterocycles. The van der Waals surface area contributed by atoms with E-state index in [0.29, 0.717) is 5.90 Å². The Bertz CT molecular complexity index is 1160. The Balaban J connectivity index is 1.58. The SMILES string of the molecule is CSc1ccc([C@@H]2OC(c3ccccc3)=N[C@H]2COS(=O)(=O)c2ccc(C)cc2)cc1. The van der Waals surface area contributed by atoms with Crippen LogP contribution in [0.15, 0.2) is 93.6 Å². The van der Waals surface area contributed by atoms with Crippen molar-refractivity contribution in [2.24, 2.45) is 4.99 Å². The zero-order valence-corrected chi connectivity index (χ0v) is 18.9. The molecular formula is C24H23NO4S2. The molecule has 0 spiro atoms. The fourth-order valence-electron chi connectivity index (χ4n) is 3.31. The predicted molar refractivity (Wildman–Crippen MR) is 123 cm³/mol. The number of benzene rings is 3. The number of aliphatic imine (C=N–C) groups is 1. The van der Waals surface area contributed by atoms with E-state index in [-0.39, 0.29) is 11.5 Å². The molecule has 4 rings (SSSR count). The minimum Gasteiger partial charge on any atom is -0.467 e. The van der Waals surface area contributed by atoms with Gasteiger partial charge in [-0.2, -0.15) is 8.42 Å². The average molecular weight is 454 g/mol. The van der Waals surface area contributed by atoms with Gasteiger partial charge in [-0.25, -0.2) is 4.99 Å². The standard InChI is InChI=1S/C24H23NO4S2/c1-17-8-14-21(15-9-17)31(26,27)28-16-22-23(18-10-12-20(30-2)13-11-18)29-24(25-22)19-6-4-3-5-7-19/h3-15,22-23H,16H2,1-2H3/t22-,23-/m0/s1. The third kappa shape index (κ3) is 5.01. The molecule has 0 amide bonds. The van der Waals surface area contributed by atoms with Crippen LogP contribution in [0.1, 0.15) is 22.8 Å². The van der Waals surface area contributed by atoms with Gasteiger partial charge in [-0.3, -0.25) is 4.18 Å². The second kappa shape index (κ2) is 9.26. The molecule has 31 heavy (non-hydrogen) atoms. The van der Waals surface area contributed by atoms with Crippen LogP contribution >= 0.6 is 11.8 Å². The van der Waals surface area contributed by atoms with Gasteiger partial charge in [0.1, 0.15) is 6.04 Å². The number of hydrogen-bond donors (Lipinski definition) is 0. The molecule has 0 radical (unpaired) electrons. The monoisotopic (exact) mass is 453 g/mol. The first-order chi connectivity index (χ1) is 15.0. The minimum absolute atomic E-state index is 0.110. The average Bonchev–Trinajstić information content (AvgIpc) is 3.23. The Morgan fingerprint density at radius 1 is 0.968 bits per heavy atom. The number of thioether (sulfide) groups is 1. The van der Waals surface area contributed by atoms with Crippen LogP contribution in [0.3, 0.4) is 0 Å². The van der Waals surface area contributed by atoms with Crippen LogP contribution in [-0.4, -0.2) is 33.2 Å². The third-order valence-electron chi connectivity index (χ3n) is 5.04. The van der Waals surface area contributed by atoms with Crippen molar-refractivity contribution in [3.8, 4) is 0 Å². The van der Waals surface area contributed by atoms with Crippen molar-refractivity contribution < 1.29 is 17.3 Å². The number of nitrogens with zero attached hydrogens (tertiary/aromatic N) is 1. The number of ether oxygens (including phenoxy) is 1. The summed E-state index contributed by atoms with van der Waals surface area (Å²) in [5.41, 5.74) is 2.75. The zero-order valence-electron chi connectivity index (χ0n) is 17.3. The molecule has 0 aliphatic carbocycles. The molecular weight excluding hydrogens is 430 g/mol.